The molecule has 0 spiro atoms. The number of ether oxygens (including phenoxy) is 1. The monoisotopic (exact) mass is 543 g/mol. The summed E-state index contributed by atoms with van der Waals surface area (Å²) in [6.07, 6.45) is 0.778. The third kappa shape index (κ3) is 5.08. The molecule has 3 aliphatic rings. The zero-order valence-corrected chi connectivity index (χ0v) is 21.9. The van der Waals surface area contributed by atoms with Crippen LogP contribution in [0.3, 0.4) is 0 Å². The summed E-state index contributed by atoms with van der Waals surface area (Å²) in [6.45, 7) is 0.775. The van der Waals surface area contributed by atoms with E-state index in [1.165, 1.54) is 24.1 Å². The molecule has 1 aliphatic carbocycles. The van der Waals surface area contributed by atoms with Crippen LogP contribution in [0.25, 0.3) is 0 Å². The van der Waals surface area contributed by atoms with Crippen LogP contribution in [0, 0.1) is 11.2 Å². The van der Waals surface area contributed by atoms with Gasteiger partial charge in [-0.2, -0.15) is 0 Å². The lowest BCUT2D eigenvalue weighted by Gasteiger charge is -2.42. The summed E-state index contributed by atoms with van der Waals surface area (Å²) in [5.74, 6) is -4.62. The van der Waals surface area contributed by atoms with Crippen LogP contribution in [0.2, 0.25) is 0 Å². The van der Waals surface area contributed by atoms with E-state index in [0.717, 1.165) is 10.5 Å². The molecule has 2 aliphatic heterocycles. The molecule has 1 saturated carbocycles. The lowest BCUT2D eigenvalue weighted by atomic mass is 9.75. The quantitative estimate of drug-likeness (QED) is 0.488. The number of amides is 3. The molecule has 3 amide bonds. The number of urea groups is 1. The SMILES string of the molecule is COC(=O)C1(CC(=O)N(c2ccccc2)C2CCCC2(F)F)CCN(C(=O)N2CCc3ccc(F)cc32)CC1. The van der Waals surface area contributed by atoms with Crippen LogP contribution in [-0.4, -0.2) is 61.5 Å². The number of alkyl halides is 2. The number of hydrogen-bond acceptors (Lipinski definition) is 4. The van der Waals surface area contributed by atoms with E-state index in [9.17, 15) is 27.6 Å². The number of fused-ring (bicyclic) bond motifs is 1. The van der Waals surface area contributed by atoms with Gasteiger partial charge in [0, 0.05) is 38.2 Å². The molecule has 1 saturated heterocycles. The maximum atomic E-state index is 14.9. The first-order chi connectivity index (χ1) is 18.6. The van der Waals surface area contributed by atoms with Crippen molar-refractivity contribution in [2.75, 3.05) is 36.5 Å². The second-order valence-electron chi connectivity index (χ2n) is 10.7. The Hall–Kier alpha value is -3.56. The van der Waals surface area contributed by atoms with Gasteiger partial charge in [-0.3, -0.25) is 14.5 Å². The molecule has 1 unspecified atom stereocenters. The summed E-state index contributed by atoms with van der Waals surface area (Å²) in [6, 6.07) is 11.2. The fourth-order valence-electron chi connectivity index (χ4n) is 6.21. The van der Waals surface area contributed by atoms with Crippen molar-refractivity contribution in [1.82, 2.24) is 4.90 Å². The van der Waals surface area contributed by atoms with Crippen LogP contribution in [0.5, 0.6) is 0 Å². The van der Waals surface area contributed by atoms with Gasteiger partial charge in [0.05, 0.1) is 18.2 Å². The third-order valence-electron chi connectivity index (χ3n) is 8.36. The highest BCUT2D eigenvalue weighted by atomic mass is 19.3. The van der Waals surface area contributed by atoms with Crippen molar-refractivity contribution >= 4 is 29.3 Å². The fraction of sp³-hybridized carbons (Fsp3) is 0.483. The van der Waals surface area contributed by atoms with Crippen LogP contribution in [0.15, 0.2) is 48.5 Å². The third-order valence-corrected chi connectivity index (χ3v) is 8.36. The highest BCUT2D eigenvalue weighted by Crippen LogP contribution is 2.43. The number of nitrogens with zero attached hydrogens (tertiary/aromatic N) is 3. The van der Waals surface area contributed by atoms with Gasteiger partial charge in [0.1, 0.15) is 11.9 Å². The molecular formula is C29H32F3N3O4. The Bertz CT molecular complexity index is 1250. The van der Waals surface area contributed by atoms with E-state index >= 15 is 0 Å². The van der Waals surface area contributed by atoms with Gasteiger partial charge in [-0.05, 0) is 61.9 Å². The van der Waals surface area contributed by atoms with E-state index in [-0.39, 0.29) is 51.2 Å². The van der Waals surface area contributed by atoms with Crippen molar-refractivity contribution in [3.63, 3.8) is 0 Å². The highest BCUT2D eigenvalue weighted by Gasteiger charge is 2.52. The standard InChI is InChI=1S/C29H32F3N3O4/c1-39-26(37)28(19-25(36)35(22-6-3-2-4-7-22)24-8-5-12-29(24,31)32)13-16-33(17-14-28)27(38)34-15-11-20-9-10-21(30)18-23(20)34/h2-4,6-7,9-10,18,24H,5,8,11-17,19H2,1H3. The topological polar surface area (TPSA) is 70.2 Å². The van der Waals surface area contributed by atoms with Gasteiger partial charge < -0.3 is 14.5 Å². The van der Waals surface area contributed by atoms with Crippen LogP contribution in [-0.2, 0) is 20.7 Å². The number of esters is 1. The number of benzene rings is 2. The number of anilines is 2. The van der Waals surface area contributed by atoms with E-state index in [4.69, 9.17) is 4.74 Å². The molecule has 0 radical (unpaired) electrons. The minimum Gasteiger partial charge on any atom is -0.469 e. The number of carbonyl (C=O) groups excluding carboxylic acids is 3. The van der Waals surface area contributed by atoms with Crippen LogP contribution in [0.4, 0.5) is 29.3 Å². The van der Waals surface area contributed by atoms with E-state index in [1.807, 2.05) is 0 Å². The average molecular weight is 544 g/mol. The first-order valence-electron chi connectivity index (χ1n) is 13.3. The molecular weight excluding hydrogens is 511 g/mol. The van der Waals surface area contributed by atoms with Crippen molar-refractivity contribution < 1.29 is 32.3 Å². The summed E-state index contributed by atoms with van der Waals surface area (Å²) in [4.78, 5) is 44.5. The first kappa shape index (κ1) is 27.0. The van der Waals surface area contributed by atoms with Gasteiger partial charge in [-0.15, -0.1) is 0 Å². The molecule has 2 aromatic carbocycles. The molecule has 0 N–H and O–H groups in total. The van der Waals surface area contributed by atoms with Gasteiger partial charge >= 0.3 is 12.0 Å². The number of likely N-dealkylation sites (tertiary alicyclic amines) is 1. The van der Waals surface area contributed by atoms with E-state index < -0.39 is 35.1 Å². The second kappa shape index (κ2) is 10.5. The molecule has 208 valence electrons. The molecule has 2 fully saturated rings. The van der Waals surface area contributed by atoms with Crippen molar-refractivity contribution in [2.24, 2.45) is 5.41 Å². The molecule has 5 rings (SSSR count). The number of para-hydroxylation sites is 1. The highest BCUT2D eigenvalue weighted by molar-refractivity contribution is 5.98. The number of methoxy groups -OCH3 is 1. The Morgan fingerprint density at radius 3 is 2.38 bits per heavy atom. The molecule has 39 heavy (non-hydrogen) atoms. The molecule has 2 heterocycles. The first-order valence-corrected chi connectivity index (χ1v) is 13.3. The van der Waals surface area contributed by atoms with Crippen molar-refractivity contribution in [1.29, 1.82) is 0 Å². The van der Waals surface area contributed by atoms with E-state index in [1.54, 1.807) is 41.3 Å². The van der Waals surface area contributed by atoms with E-state index in [0.29, 0.717) is 30.8 Å². The molecule has 7 nitrogen and oxygen atoms in total. The molecule has 1 atom stereocenters. The smallest absolute Gasteiger partial charge is 0.324 e. The number of piperidine rings is 1. The summed E-state index contributed by atoms with van der Waals surface area (Å²) >= 11 is 0. The van der Waals surface area contributed by atoms with Crippen LogP contribution < -0.4 is 9.80 Å². The van der Waals surface area contributed by atoms with Crippen LogP contribution >= 0.6 is 0 Å². The Kier molecular flexibility index (Phi) is 7.31. The maximum absolute atomic E-state index is 14.9. The summed E-state index contributed by atoms with van der Waals surface area (Å²) in [5, 5.41) is 0. The van der Waals surface area contributed by atoms with E-state index in [2.05, 4.69) is 0 Å². The van der Waals surface area contributed by atoms with Gasteiger partial charge in [0.2, 0.25) is 5.91 Å². The van der Waals surface area contributed by atoms with Crippen LogP contribution in [0.1, 0.15) is 44.1 Å². The molecule has 10 heteroatoms. The average Bonchev–Trinajstić information content (AvgIpc) is 3.51. The minimum absolute atomic E-state index is 0.144. The predicted molar refractivity (Wildman–Crippen MR) is 139 cm³/mol. The van der Waals surface area contributed by atoms with Gasteiger partial charge in [-0.1, -0.05) is 24.3 Å². The lowest BCUT2D eigenvalue weighted by Crippen LogP contribution is -2.54. The van der Waals surface area contributed by atoms with Crippen molar-refractivity contribution in [3.05, 3.63) is 59.9 Å². The summed E-state index contributed by atoms with van der Waals surface area (Å²) in [5.41, 5.74) is 0.539. The van der Waals surface area contributed by atoms with Crippen molar-refractivity contribution in [3.8, 4) is 0 Å². The second-order valence-corrected chi connectivity index (χ2v) is 10.7. The summed E-state index contributed by atoms with van der Waals surface area (Å²) < 4.78 is 48.7. The zero-order valence-electron chi connectivity index (χ0n) is 21.9. The fourth-order valence-corrected chi connectivity index (χ4v) is 6.21. The normalized spacial score (nSPS) is 21.4. The molecule has 0 bridgehead atoms. The van der Waals surface area contributed by atoms with Gasteiger partial charge in [0.15, 0.2) is 0 Å². The number of halogens is 3. The Labute approximate surface area is 225 Å². The lowest BCUT2D eigenvalue weighted by molar-refractivity contribution is -0.158. The predicted octanol–water partition coefficient (Wildman–Crippen LogP) is 5.17. The van der Waals surface area contributed by atoms with Gasteiger partial charge in [0.25, 0.3) is 5.92 Å². The number of carbonyl (C=O) groups is 3. The Morgan fingerprint density at radius 1 is 1.03 bits per heavy atom. The number of hydrogen-bond donors (Lipinski definition) is 0. The Balaban J connectivity index is 1.35. The molecule has 0 aromatic heterocycles. The summed E-state index contributed by atoms with van der Waals surface area (Å²) in [7, 11) is 1.24. The zero-order chi connectivity index (χ0) is 27.8. The minimum atomic E-state index is -3.04. The largest absolute Gasteiger partial charge is 0.469 e. The van der Waals surface area contributed by atoms with Crippen molar-refractivity contribution in [2.45, 2.75) is 56.9 Å². The maximum Gasteiger partial charge on any atom is 0.324 e. The number of rotatable bonds is 5. The molecule has 2 aromatic rings. The Morgan fingerprint density at radius 2 is 1.74 bits per heavy atom. The van der Waals surface area contributed by atoms with Gasteiger partial charge in [-0.25, -0.2) is 18.0 Å².